The summed E-state index contributed by atoms with van der Waals surface area (Å²) in [6.07, 6.45) is 5.22. The Balaban J connectivity index is 1.56. The van der Waals surface area contributed by atoms with Gasteiger partial charge in [-0.1, -0.05) is 24.3 Å². The summed E-state index contributed by atoms with van der Waals surface area (Å²) in [6, 6.07) is 15.4. The van der Waals surface area contributed by atoms with Crippen molar-refractivity contribution in [2.75, 3.05) is 15.2 Å². The quantitative estimate of drug-likeness (QED) is 0.237. The van der Waals surface area contributed by atoms with Gasteiger partial charge in [-0.05, 0) is 41.5 Å². The molecule has 11 heteroatoms. The average molecular weight is 476 g/mol. The highest BCUT2D eigenvalue weighted by Gasteiger charge is 2.27. The van der Waals surface area contributed by atoms with E-state index < -0.39 is 11.6 Å². The molecule has 3 heterocycles. The molecule has 5 rings (SSSR count). The van der Waals surface area contributed by atoms with Gasteiger partial charge >= 0.3 is 0 Å². The van der Waals surface area contributed by atoms with Crippen LogP contribution in [0.25, 0.3) is 0 Å². The Bertz CT molecular complexity index is 1320. The van der Waals surface area contributed by atoms with Crippen LogP contribution in [-0.4, -0.2) is 15.0 Å². The summed E-state index contributed by atoms with van der Waals surface area (Å²) < 4.78 is 27.6. The van der Waals surface area contributed by atoms with Gasteiger partial charge in [0, 0.05) is 37.2 Å². The number of anilines is 4. The van der Waals surface area contributed by atoms with Crippen LogP contribution in [0.3, 0.4) is 0 Å². The molecule has 0 saturated heterocycles. The number of hydrogen-bond acceptors (Lipinski definition) is 9. The Hall–Kier alpha value is -4.19. The van der Waals surface area contributed by atoms with E-state index >= 15 is 0 Å². The SMILES string of the molecule is NNNN1Cc2cnc(NCc3cccnc3)nc2N(Cc2ccc(F)c(F)c2)c2ccccc21. The summed E-state index contributed by atoms with van der Waals surface area (Å²) in [4.78, 5) is 15.4. The van der Waals surface area contributed by atoms with Gasteiger partial charge in [-0.2, -0.15) is 16.1 Å². The number of pyridine rings is 1. The minimum atomic E-state index is -0.900. The number of hydrazine groups is 3. The second kappa shape index (κ2) is 9.97. The number of hydrogen-bond donors (Lipinski definition) is 4. The molecule has 178 valence electrons. The Morgan fingerprint density at radius 1 is 0.943 bits per heavy atom. The Morgan fingerprint density at radius 2 is 1.80 bits per heavy atom. The van der Waals surface area contributed by atoms with E-state index in [0.29, 0.717) is 30.4 Å². The normalized spacial score (nSPS) is 12.7. The third kappa shape index (κ3) is 4.87. The fraction of sp³-hybridized carbons (Fsp3) is 0.125. The highest BCUT2D eigenvalue weighted by atomic mass is 19.2. The lowest BCUT2D eigenvalue weighted by molar-refractivity contribution is 0.507. The predicted octanol–water partition coefficient (Wildman–Crippen LogP) is 3.30. The summed E-state index contributed by atoms with van der Waals surface area (Å²) in [5, 5.41) is 5.06. The van der Waals surface area contributed by atoms with Gasteiger partial charge in [0.1, 0.15) is 5.82 Å². The van der Waals surface area contributed by atoms with E-state index in [-0.39, 0.29) is 6.54 Å². The van der Waals surface area contributed by atoms with Gasteiger partial charge < -0.3 is 10.2 Å². The molecule has 0 amide bonds. The van der Waals surface area contributed by atoms with Crippen LogP contribution in [0.5, 0.6) is 0 Å². The van der Waals surface area contributed by atoms with E-state index in [1.807, 2.05) is 46.3 Å². The van der Waals surface area contributed by atoms with Crippen LogP contribution < -0.4 is 32.1 Å². The van der Waals surface area contributed by atoms with Crippen LogP contribution in [0.4, 0.5) is 31.9 Å². The van der Waals surface area contributed by atoms with Gasteiger partial charge in [0.25, 0.3) is 0 Å². The molecule has 1 aliphatic rings. The number of nitrogens with two attached hydrogens (primary N) is 1. The van der Waals surface area contributed by atoms with Gasteiger partial charge in [-0.25, -0.2) is 13.8 Å². The first kappa shape index (κ1) is 22.6. The van der Waals surface area contributed by atoms with Crippen LogP contribution >= 0.6 is 0 Å². The summed E-state index contributed by atoms with van der Waals surface area (Å²) in [5.74, 6) is 4.83. The van der Waals surface area contributed by atoms with Gasteiger partial charge in [0.05, 0.1) is 17.9 Å². The van der Waals surface area contributed by atoms with Crippen LogP contribution in [0.15, 0.2) is 73.2 Å². The maximum Gasteiger partial charge on any atom is 0.224 e. The Kier molecular flexibility index (Phi) is 6.44. The molecule has 0 aliphatic carbocycles. The number of aromatic nitrogens is 3. The molecule has 2 aromatic carbocycles. The maximum atomic E-state index is 14.0. The molecule has 0 radical (unpaired) electrons. The van der Waals surface area contributed by atoms with Gasteiger partial charge in [0.2, 0.25) is 5.95 Å². The van der Waals surface area contributed by atoms with Gasteiger partial charge in [-0.15, -0.1) is 0 Å². The molecule has 5 N–H and O–H groups in total. The number of rotatable bonds is 7. The first-order valence-corrected chi connectivity index (χ1v) is 10.9. The third-order valence-corrected chi connectivity index (χ3v) is 5.59. The van der Waals surface area contributed by atoms with Crippen molar-refractivity contribution in [3.8, 4) is 0 Å². The minimum absolute atomic E-state index is 0.254. The molecule has 0 fully saturated rings. The highest BCUT2D eigenvalue weighted by Crippen LogP contribution is 2.40. The molecule has 0 spiro atoms. The van der Waals surface area contributed by atoms with Crippen molar-refractivity contribution in [1.29, 1.82) is 0 Å². The molecular formula is C24H23F2N9. The van der Waals surface area contributed by atoms with Crippen molar-refractivity contribution < 1.29 is 8.78 Å². The number of benzene rings is 2. The summed E-state index contributed by atoms with van der Waals surface area (Å²) in [6.45, 7) is 1.15. The van der Waals surface area contributed by atoms with Crippen LogP contribution in [-0.2, 0) is 19.6 Å². The standard InChI is InChI=1S/C24H23F2N9/c25-19-8-7-16(10-20(19)26)14-34-21-5-1-2-6-22(21)35(33-32-27)15-18-13-30-24(31-23(18)34)29-12-17-4-3-9-28-11-17/h1-11,13,32-33H,12,14-15,27H2,(H,29,30,31). The van der Waals surface area contributed by atoms with Crippen LogP contribution in [0.2, 0.25) is 0 Å². The first-order chi connectivity index (χ1) is 17.1. The van der Waals surface area contributed by atoms with Crippen molar-refractivity contribution in [3.05, 3.63) is 102 Å². The Morgan fingerprint density at radius 3 is 2.57 bits per heavy atom. The molecule has 4 aromatic rings. The van der Waals surface area contributed by atoms with Crippen LogP contribution in [0.1, 0.15) is 16.7 Å². The molecule has 35 heavy (non-hydrogen) atoms. The predicted molar refractivity (Wildman–Crippen MR) is 129 cm³/mol. The molecule has 2 aromatic heterocycles. The summed E-state index contributed by atoms with van der Waals surface area (Å²) in [7, 11) is 0. The Labute approximate surface area is 200 Å². The lowest BCUT2D eigenvalue weighted by Crippen LogP contribution is -2.50. The van der Waals surface area contributed by atoms with Crippen molar-refractivity contribution in [1.82, 2.24) is 26.0 Å². The molecule has 9 nitrogen and oxygen atoms in total. The average Bonchev–Trinajstić information content (AvgIpc) is 3.01. The minimum Gasteiger partial charge on any atom is -0.350 e. The largest absolute Gasteiger partial charge is 0.350 e. The zero-order valence-electron chi connectivity index (χ0n) is 18.6. The highest BCUT2D eigenvalue weighted by molar-refractivity contribution is 5.79. The third-order valence-electron chi connectivity index (χ3n) is 5.59. The smallest absolute Gasteiger partial charge is 0.224 e. The molecule has 0 bridgehead atoms. The van der Waals surface area contributed by atoms with Crippen molar-refractivity contribution >= 4 is 23.1 Å². The fourth-order valence-electron chi connectivity index (χ4n) is 3.96. The number of halogens is 2. The van der Waals surface area contributed by atoms with E-state index in [2.05, 4.69) is 26.4 Å². The lowest BCUT2D eigenvalue weighted by Gasteiger charge is -2.27. The van der Waals surface area contributed by atoms with E-state index in [0.717, 1.165) is 28.6 Å². The topological polar surface area (TPSA) is 107 Å². The second-order valence-corrected chi connectivity index (χ2v) is 7.92. The molecule has 0 unspecified atom stereocenters. The van der Waals surface area contributed by atoms with E-state index in [1.54, 1.807) is 24.7 Å². The van der Waals surface area contributed by atoms with E-state index in [4.69, 9.17) is 10.8 Å². The number of para-hydroxylation sites is 2. The van der Waals surface area contributed by atoms with Crippen molar-refractivity contribution in [3.63, 3.8) is 0 Å². The van der Waals surface area contributed by atoms with Crippen molar-refractivity contribution in [2.24, 2.45) is 5.84 Å². The number of nitrogens with one attached hydrogen (secondary N) is 3. The van der Waals surface area contributed by atoms with Crippen LogP contribution in [0, 0.1) is 11.6 Å². The fourth-order valence-corrected chi connectivity index (χ4v) is 3.96. The zero-order valence-corrected chi connectivity index (χ0v) is 18.6. The number of nitrogens with zero attached hydrogens (tertiary/aromatic N) is 5. The second-order valence-electron chi connectivity index (χ2n) is 7.92. The van der Waals surface area contributed by atoms with E-state index in [9.17, 15) is 8.78 Å². The van der Waals surface area contributed by atoms with Gasteiger partial charge in [-0.3, -0.25) is 15.8 Å². The van der Waals surface area contributed by atoms with Gasteiger partial charge in [0.15, 0.2) is 11.6 Å². The zero-order chi connectivity index (χ0) is 24.2. The molecule has 0 saturated carbocycles. The first-order valence-electron chi connectivity index (χ1n) is 10.9. The molecular weight excluding hydrogens is 452 g/mol. The summed E-state index contributed by atoms with van der Waals surface area (Å²) >= 11 is 0. The van der Waals surface area contributed by atoms with Crippen molar-refractivity contribution in [2.45, 2.75) is 19.6 Å². The van der Waals surface area contributed by atoms with E-state index in [1.165, 1.54) is 6.07 Å². The lowest BCUT2D eigenvalue weighted by atomic mass is 10.1. The summed E-state index contributed by atoms with van der Waals surface area (Å²) in [5.41, 5.74) is 9.40. The monoisotopic (exact) mass is 475 g/mol. The molecule has 1 aliphatic heterocycles. The number of fused-ring (bicyclic) bond motifs is 2. The molecule has 0 atom stereocenters. The maximum absolute atomic E-state index is 14.0.